The molecule has 7 rings (SSSR count). The summed E-state index contributed by atoms with van der Waals surface area (Å²) in [7, 11) is 0. The summed E-state index contributed by atoms with van der Waals surface area (Å²) in [4.78, 5) is 82.3. The summed E-state index contributed by atoms with van der Waals surface area (Å²) >= 11 is 6.85. The summed E-state index contributed by atoms with van der Waals surface area (Å²) < 4.78 is 4.31. The van der Waals surface area contributed by atoms with Gasteiger partial charge in [-0.3, -0.25) is 37.9 Å². The lowest BCUT2D eigenvalue weighted by Gasteiger charge is -2.36. The molecule has 5 aromatic rings. The number of H-pyrrole nitrogens is 2. The van der Waals surface area contributed by atoms with E-state index in [0.717, 1.165) is 20.3 Å². The third kappa shape index (κ3) is 7.16. The van der Waals surface area contributed by atoms with Crippen molar-refractivity contribution in [1.82, 2.24) is 19.1 Å². The van der Waals surface area contributed by atoms with E-state index in [9.17, 15) is 28.8 Å². The number of halogens is 2. The number of aromatic nitrogens is 4. The molecule has 0 saturated heterocycles. The van der Waals surface area contributed by atoms with Gasteiger partial charge in [-0.05, 0) is 36.4 Å². The van der Waals surface area contributed by atoms with Gasteiger partial charge in [-0.2, -0.15) is 0 Å². The van der Waals surface area contributed by atoms with E-state index in [4.69, 9.17) is 5.11 Å². The Balaban J connectivity index is 0.000000183. The molecule has 0 aliphatic carbocycles. The van der Waals surface area contributed by atoms with Gasteiger partial charge < -0.3 is 30.2 Å². The van der Waals surface area contributed by atoms with E-state index >= 15 is 0 Å². The van der Waals surface area contributed by atoms with Crippen LogP contribution in [0.3, 0.4) is 0 Å². The van der Waals surface area contributed by atoms with Gasteiger partial charge >= 0.3 is 28.2 Å². The highest BCUT2D eigenvalue weighted by molar-refractivity contribution is 9.10. The van der Waals surface area contributed by atoms with Crippen molar-refractivity contribution >= 4 is 82.9 Å². The number of carbonyl (C=O) groups is 2. The van der Waals surface area contributed by atoms with Gasteiger partial charge in [0.2, 0.25) is 5.91 Å². The lowest BCUT2D eigenvalue weighted by atomic mass is 10.1. The van der Waals surface area contributed by atoms with Crippen molar-refractivity contribution in [3.05, 3.63) is 130 Å². The van der Waals surface area contributed by atoms with Crippen molar-refractivity contribution in [3.63, 3.8) is 0 Å². The van der Waals surface area contributed by atoms with Crippen molar-refractivity contribution in [2.24, 2.45) is 0 Å². The van der Waals surface area contributed by atoms with Crippen LogP contribution < -0.4 is 37.4 Å². The summed E-state index contributed by atoms with van der Waals surface area (Å²) in [5.74, 6) is -1.24. The quantitative estimate of drug-likeness (QED) is 0.123. The number of carbonyl (C=O) groups excluding carboxylic acids is 1. The number of amides is 1. The summed E-state index contributed by atoms with van der Waals surface area (Å²) in [6.07, 6.45) is 3.31. The van der Waals surface area contributed by atoms with Crippen molar-refractivity contribution < 1.29 is 14.7 Å². The number of nitrogens with one attached hydrogen (secondary N) is 3. The van der Waals surface area contributed by atoms with Gasteiger partial charge in [0, 0.05) is 47.2 Å². The predicted octanol–water partition coefficient (Wildman–Crippen LogP) is 4.50. The van der Waals surface area contributed by atoms with Crippen LogP contribution in [0.5, 0.6) is 0 Å². The second-order valence-electron chi connectivity index (χ2n) is 12.3. The number of hydrogen-bond donors (Lipinski definition) is 4. The van der Waals surface area contributed by atoms with Crippen molar-refractivity contribution in [2.75, 3.05) is 41.3 Å². The molecular weight excluding hydrogens is 802 g/mol. The maximum absolute atomic E-state index is 12.7. The molecule has 2 unspecified atom stereocenters. The van der Waals surface area contributed by atoms with Crippen LogP contribution in [0.15, 0.2) is 108 Å². The van der Waals surface area contributed by atoms with E-state index in [1.165, 1.54) is 9.13 Å². The van der Waals surface area contributed by atoms with E-state index in [1.54, 1.807) is 36.4 Å². The maximum Gasteiger partial charge on any atom is 0.317 e. The highest BCUT2D eigenvalue weighted by Crippen LogP contribution is 2.37. The van der Waals surface area contributed by atoms with Gasteiger partial charge in [0.05, 0.1) is 51.9 Å². The first-order chi connectivity index (χ1) is 24.9. The lowest BCUT2D eigenvalue weighted by molar-refractivity contribution is -0.137. The Morgan fingerprint density at radius 2 is 1.23 bits per heavy atom. The summed E-state index contributed by atoms with van der Waals surface area (Å²) in [5.41, 5.74) is 1.59. The number of rotatable bonds is 9. The van der Waals surface area contributed by atoms with Crippen LogP contribution in [0.4, 0.5) is 17.1 Å². The molecule has 0 spiro atoms. The number of carboxylic acid groups (broad SMARTS) is 1. The topological polar surface area (TPSA) is 183 Å². The second-order valence-corrected chi connectivity index (χ2v) is 14.1. The molecule has 2 aliphatic heterocycles. The van der Waals surface area contributed by atoms with Crippen LogP contribution >= 0.6 is 31.9 Å². The third-order valence-corrected chi connectivity index (χ3v) is 9.69. The molecule has 2 aromatic heterocycles. The SMILES string of the molecule is C=CCN1CC(CC(=O)Nc2ccccc2)n2c(=O)c(=O)[nH]c3cc(Br)cc1c32.C=CCN1CC(CC(=O)O)n2c(=O)c(=O)[nH]c3cc(Br)cc1c32. The van der Waals surface area contributed by atoms with E-state index in [0.29, 0.717) is 53.9 Å². The molecule has 4 N–H and O–H groups in total. The third-order valence-electron chi connectivity index (χ3n) is 8.78. The first-order valence-electron chi connectivity index (χ1n) is 16.1. The number of para-hydroxylation sites is 1. The predicted molar refractivity (Wildman–Crippen MR) is 208 cm³/mol. The van der Waals surface area contributed by atoms with E-state index < -0.39 is 40.3 Å². The van der Waals surface area contributed by atoms with Crippen LogP contribution in [0, 0.1) is 0 Å². The largest absolute Gasteiger partial charge is 0.481 e. The molecule has 4 heterocycles. The van der Waals surface area contributed by atoms with Gasteiger partial charge in [0.15, 0.2) is 0 Å². The van der Waals surface area contributed by atoms with Crippen LogP contribution in [-0.4, -0.2) is 62.3 Å². The number of nitrogens with zero attached hydrogens (tertiary/aromatic N) is 4. The fourth-order valence-corrected chi connectivity index (χ4v) is 7.70. The van der Waals surface area contributed by atoms with E-state index in [2.05, 4.69) is 65.2 Å². The molecule has 16 heteroatoms. The second kappa shape index (κ2) is 15.0. The zero-order valence-corrected chi connectivity index (χ0v) is 30.8. The van der Waals surface area contributed by atoms with Crippen molar-refractivity contribution in [2.45, 2.75) is 24.9 Å². The fraction of sp³-hybridized carbons (Fsp3) is 0.222. The smallest absolute Gasteiger partial charge is 0.317 e. The molecule has 3 aromatic carbocycles. The molecule has 2 aliphatic rings. The molecule has 0 saturated carbocycles. The number of aliphatic carboxylic acids is 1. The minimum atomic E-state index is -1.02. The lowest BCUT2D eigenvalue weighted by Crippen LogP contribution is -2.46. The summed E-state index contributed by atoms with van der Waals surface area (Å²) in [5, 5.41) is 12.0. The average Bonchev–Trinajstić information content (AvgIpc) is 3.08. The monoisotopic (exact) mass is 833 g/mol. The number of carboxylic acids is 1. The Morgan fingerprint density at radius 1 is 0.769 bits per heavy atom. The molecule has 1 amide bonds. The van der Waals surface area contributed by atoms with Crippen molar-refractivity contribution in [3.8, 4) is 0 Å². The standard InChI is InChI=1S/C21H19BrN4O3.C15H14BrN3O4/c1-2-8-25-12-15(11-18(27)23-14-6-4-3-5-7-14)26-19-16(24-20(28)21(26)29)9-13(22)10-17(19)25;1-2-3-18-7-9(6-12(20)21)19-13-10(17-14(22)15(19)23)4-8(16)5-11(13)18/h2-7,9-10,15H,1,8,11-12H2,(H,23,27)(H,24,28);2,4-5,9H,1,3,6-7H2,(H,17,22)(H,20,21). The molecule has 52 heavy (non-hydrogen) atoms. The first-order valence-corrected chi connectivity index (χ1v) is 17.7. The van der Waals surface area contributed by atoms with Gasteiger partial charge in [-0.25, -0.2) is 0 Å². The summed E-state index contributed by atoms with van der Waals surface area (Å²) in [6, 6.07) is 15.2. The van der Waals surface area contributed by atoms with Crippen LogP contribution in [0.2, 0.25) is 0 Å². The van der Waals surface area contributed by atoms with Gasteiger partial charge in [-0.1, -0.05) is 62.2 Å². The molecule has 268 valence electrons. The Morgan fingerprint density at radius 3 is 1.67 bits per heavy atom. The minimum absolute atomic E-state index is 0.0660. The number of aromatic amines is 2. The first kappa shape index (κ1) is 36.3. The van der Waals surface area contributed by atoms with E-state index in [-0.39, 0.29) is 18.7 Å². The van der Waals surface area contributed by atoms with Crippen LogP contribution in [0.25, 0.3) is 22.1 Å². The zero-order valence-electron chi connectivity index (χ0n) is 27.6. The maximum atomic E-state index is 12.7. The van der Waals surface area contributed by atoms with Gasteiger partial charge in [-0.15, -0.1) is 13.2 Å². The normalized spacial score (nSPS) is 15.9. The number of benzene rings is 3. The molecule has 0 fully saturated rings. The Hall–Kier alpha value is -5.48. The number of anilines is 3. The molecule has 0 radical (unpaired) electrons. The Kier molecular flexibility index (Phi) is 10.5. The Bertz CT molecular complexity index is 2490. The fourth-order valence-electron chi connectivity index (χ4n) is 6.81. The van der Waals surface area contributed by atoms with Gasteiger partial charge in [0.1, 0.15) is 0 Å². The highest BCUT2D eigenvalue weighted by atomic mass is 79.9. The Labute approximate surface area is 311 Å². The highest BCUT2D eigenvalue weighted by Gasteiger charge is 2.31. The van der Waals surface area contributed by atoms with Crippen LogP contribution in [-0.2, 0) is 9.59 Å². The number of hydrogen-bond acceptors (Lipinski definition) is 8. The van der Waals surface area contributed by atoms with E-state index in [1.807, 2.05) is 35.2 Å². The molecule has 2 atom stereocenters. The molecular formula is C36H33Br2N7O7. The molecule has 14 nitrogen and oxygen atoms in total. The summed E-state index contributed by atoms with van der Waals surface area (Å²) in [6.45, 7) is 9.32. The average molecular weight is 836 g/mol. The van der Waals surface area contributed by atoms with Crippen molar-refractivity contribution in [1.29, 1.82) is 0 Å². The minimum Gasteiger partial charge on any atom is -0.481 e. The zero-order chi connectivity index (χ0) is 37.3. The van der Waals surface area contributed by atoms with Gasteiger partial charge in [0.25, 0.3) is 0 Å². The molecule has 0 bridgehead atoms. The van der Waals surface area contributed by atoms with Crippen LogP contribution in [0.1, 0.15) is 24.9 Å².